The van der Waals surface area contributed by atoms with E-state index in [9.17, 15) is 13.6 Å². The second-order valence-corrected chi connectivity index (χ2v) is 7.18. The highest BCUT2D eigenvalue weighted by Crippen LogP contribution is 2.27. The topological polar surface area (TPSA) is 29.1 Å². The number of nitrogens with one attached hydrogen (secondary N) is 1. The Kier molecular flexibility index (Phi) is 5.07. The lowest BCUT2D eigenvalue weighted by atomic mass is 9.81. The quantitative estimate of drug-likeness (QED) is 0.868. The molecule has 1 amide bonds. The first-order chi connectivity index (χ1) is 11.1. The lowest BCUT2D eigenvalue weighted by Gasteiger charge is -2.30. The minimum absolute atomic E-state index is 0.182. The Morgan fingerprint density at radius 1 is 0.958 bits per heavy atom. The molecule has 0 aromatic heterocycles. The molecule has 2 nitrogen and oxygen atoms in total. The normalized spacial score (nSPS) is 12.1. The number of amides is 1. The molecule has 128 valence electrons. The number of rotatable bonds is 5. The van der Waals surface area contributed by atoms with Crippen LogP contribution in [0, 0.1) is 11.6 Å². The Labute approximate surface area is 141 Å². The summed E-state index contributed by atoms with van der Waals surface area (Å²) in [6, 6.07) is 12.5. The fourth-order valence-electron chi connectivity index (χ4n) is 2.63. The van der Waals surface area contributed by atoms with E-state index in [0.29, 0.717) is 12.1 Å². The molecule has 0 radical (unpaired) electrons. The second-order valence-electron chi connectivity index (χ2n) is 7.18. The molecular formula is C20H23F2NO. The van der Waals surface area contributed by atoms with E-state index in [1.807, 2.05) is 13.8 Å². The van der Waals surface area contributed by atoms with Crippen LogP contribution in [0.15, 0.2) is 48.5 Å². The van der Waals surface area contributed by atoms with Gasteiger partial charge in [-0.15, -0.1) is 0 Å². The van der Waals surface area contributed by atoms with E-state index in [1.165, 1.54) is 18.2 Å². The first-order valence-electron chi connectivity index (χ1n) is 7.94. The molecule has 0 saturated carbocycles. The summed E-state index contributed by atoms with van der Waals surface area (Å²) in [7, 11) is 0. The van der Waals surface area contributed by atoms with Crippen molar-refractivity contribution in [3.05, 3.63) is 71.3 Å². The number of benzene rings is 2. The van der Waals surface area contributed by atoms with Gasteiger partial charge in [0.05, 0.1) is 5.41 Å². The molecule has 0 aliphatic heterocycles. The van der Waals surface area contributed by atoms with Crippen molar-refractivity contribution in [1.82, 2.24) is 5.32 Å². The zero-order chi connectivity index (χ0) is 18.0. The van der Waals surface area contributed by atoms with Gasteiger partial charge in [0, 0.05) is 12.0 Å². The van der Waals surface area contributed by atoms with Gasteiger partial charge < -0.3 is 5.32 Å². The molecule has 0 spiro atoms. The Hall–Kier alpha value is -2.23. The summed E-state index contributed by atoms with van der Waals surface area (Å²) in [6.45, 7) is 7.64. The standard InChI is InChI=1S/C20H23F2NO/c1-19(2,16-7-5-6-8-17(16)22)13-23-18(24)20(3,4)14-9-11-15(21)12-10-14/h5-12H,13H2,1-4H3,(H,23,24). The van der Waals surface area contributed by atoms with Gasteiger partial charge >= 0.3 is 0 Å². The lowest BCUT2D eigenvalue weighted by Crippen LogP contribution is -2.45. The SMILES string of the molecule is CC(C)(CNC(=O)C(C)(C)c1ccc(F)cc1)c1ccccc1F. The largest absolute Gasteiger partial charge is 0.354 e. The first-order valence-corrected chi connectivity index (χ1v) is 7.94. The molecule has 2 aromatic rings. The highest BCUT2D eigenvalue weighted by Gasteiger charge is 2.32. The minimum atomic E-state index is -0.807. The predicted molar refractivity (Wildman–Crippen MR) is 91.9 cm³/mol. The van der Waals surface area contributed by atoms with Crippen molar-refractivity contribution < 1.29 is 13.6 Å². The summed E-state index contributed by atoms with van der Waals surface area (Å²) in [5.41, 5.74) is -0.0613. The Bertz CT molecular complexity index is 721. The van der Waals surface area contributed by atoms with Gasteiger partial charge in [-0.05, 0) is 43.2 Å². The molecule has 0 aliphatic carbocycles. The number of carbonyl (C=O) groups is 1. The summed E-state index contributed by atoms with van der Waals surface area (Å²) < 4.78 is 27.1. The molecule has 1 N–H and O–H groups in total. The first kappa shape index (κ1) is 18.1. The molecule has 0 fully saturated rings. The van der Waals surface area contributed by atoms with Gasteiger partial charge in [0.25, 0.3) is 0 Å². The molecule has 0 bridgehead atoms. The Morgan fingerprint density at radius 3 is 2.12 bits per heavy atom. The van der Waals surface area contributed by atoms with Crippen LogP contribution in [-0.4, -0.2) is 12.5 Å². The smallest absolute Gasteiger partial charge is 0.230 e. The molecule has 2 aromatic carbocycles. The van der Waals surface area contributed by atoms with Gasteiger partial charge in [-0.25, -0.2) is 8.78 Å². The monoisotopic (exact) mass is 331 g/mol. The van der Waals surface area contributed by atoms with E-state index in [4.69, 9.17) is 0 Å². The van der Waals surface area contributed by atoms with Crippen molar-refractivity contribution >= 4 is 5.91 Å². The van der Waals surface area contributed by atoms with Crippen molar-refractivity contribution in [3.63, 3.8) is 0 Å². The highest BCUT2D eigenvalue weighted by atomic mass is 19.1. The van der Waals surface area contributed by atoms with Gasteiger partial charge in [-0.1, -0.05) is 44.2 Å². The lowest BCUT2D eigenvalue weighted by molar-refractivity contribution is -0.125. The zero-order valence-corrected chi connectivity index (χ0v) is 14.5. The van der Waals surface area contributed by atoms with Crippen LogP contribution in [0.25, 0.3) is 0 Å². The van der Waals surface area contributed by atoms with Crippen molar-refractivity contribution in [2.24, 2.45) is 0 Å². The zero-order valence-electron chi connectivity index (χ0n) is 14.5. The van der Waals surface area contributed by atoms with E-state index < -0.39 is 10.8 Å². The molecule has 4 heteroatoms. The van der Waals surface area contributed by atoms with Crippen molar-refractivity contribution in [2.75, 3.05) is 6.54 Å². The van der Waals surface area contributed by atoms with Crippen LogP contribution >= 0.6 is 0 Å². The van der Waals surface area contributed by atoms with Crippen molar-refractivity contribution in [2.45, 2.75) is 38.5 Å². The number of halogens is 2. The van der Waals surface area contributed by atoms with Crippen LogP contribution in [0.2, 0.25) is 0 Å². The maximum absolute atomic E-state index is 14.0. The Morgan fingerprint density at radius 2 is 1.54 bits per heavy atom. The van der Waals surface area contributed by atoms with Crippen LogP contribution in [0.5, 0.6) is 0 Å². The summed E-state index contributed by atoms with van der Waals surface area (Å²) >= 11 is 0. The van der Waals surface area contributed by atoms with E-state index in [0.717, 1.165) is 5.56 Å². The Balaban J connectivity index is 2.12. The summed E-state index contributed by atoms with van der Waals surface area (Å²) in [5, 5.41) is 2.90. The van der Waals surface area contributed by atoms with Crippen molar-refractivity contribution in [1.29, 1.82) is 0 Å². The van der Waals surface area contributed by atoms with Gasteiger partial charge in [0.15, 0.2) is 0 Å². The van der Waals surface area contributed by atoms with Gasteiger partial charge in [-0.2, -0.15) is 0 Å². The average Bonchev–Trinajstić information content (AvgIpc) is 2.53. The number of hydrogen-bond donors (Lipinski definition) is 1. The maximum atomic E-state index is 14.0. The number of carbonyl (C=O) groups excluding carboxylic acids is 1. The summed E-state index contributed by atoms with van der Waals surface area (Å²) in [6.07, 6.45) is 0. The third-order valence-corrected chi connectivity index (χ3v) is 4.43. The average molecular weight is 331 g/mol. The minimum Gasteiger partial charge on any atom is -0.354 e. The molecule has 0 atom stereocenters. The van der Waals surface area contributed by atoms with E-state index in [2.05, 4.69) is 5.32 Å². The van der Waals surface area contributed by atoms with Crippen LogP contribution < -0.4 is 5.32 Å². The summed E-state index contributed by atoms with van der Waals surface area (Å²) in [5.74, 6) is -0.802. The fourth-order valence-corrected chi connectivity index (χ4v) is 2.63. The molecule has 0 saturated heterocycles. The van der Waals surface area contributed by atoms with Crippen LogP contribution in [0.4, 0.5) is 8.78 Å². The van der Waals surface area contributed by atoms with Crippen molar-refractivity contribution in [3.8, 4) is 0 Å². The molecule has 0 aliphatic rings. The third-order valence-electron chi connectivity index (χ3n) is 4.43. The molecule has 0 unspecified atom stereocenters. The van der Waals surface area contributed by atoms with Gasteiger partial charge in [-0.3, -0.25) is 4.79 Å². The van der Waals surface area contributed by atoms with Gasteiger partial charge in [0.1, 0.15) is 11.6 Å². The second kappa shape index (κ2) is 6.71. The fraction of sp³-hybridized carbons (Fsp3) is 0.350. The van der Waals surface area contributed by atoms with E-state index in [-0.39, 0.29) is 17.5 Å². The van der Waals surface area contributed by atoms with Crippen LogP contribution in [0.3, 0.4) is 0 Å². The van der Waals surface area contributed by atoms with Gasteiger partial charge in [0.2, 0.25) is 5.91 Å². The highest BCUT2D eigenvalue weighted by molar-refractivity contribution is 5.87. The molecule has 24 heavy (non-hydrogen) atoms. The van der Waals surface area contributed by atoms with Crippen LogP contribution in [0.1, 0.15) is 38.8 Å². The molecule has 2 rings (SSSR count). The van der Waals surface area contributed by atoms with Crippen LogP contribution in [-0.2, 0) is 15.6 Å². The van der Waals surface area contributed by atoms with E-state index >= 15 is 0 Å². The molecular weight excluding hydrogens is 308 g/mol. The van der Waals surface area contributed by atoms with E-state index in [1.54, 1.807) is 44.2 Å². The third kappa shape index (κ3) is 3.81. The summed E-state index contributed by atoms with van der Waals surface area (Å²) in [4.78, 5) is 12.6. The predicted octanol–water partition coefficient (Wildman–Crippen LogP) is 4.34. The number of hydrogen-bond acceptors (Lipinski definition) is 1. The molecule has 0 heterocycles. The maximum Gasteiger partial charge on any atom is 0.230 e.